The van der Waals surface area contributed by atoms with Crippen LogP contribution in [0.15, 0.2) is 42.7 Å². The molecule has 0 spiro atoms. The van der Waals surface area contributed by atoms with Gasteiger partial charge in [-0.15, -0.1) is 0 Å². The average Bonchev–Trinajstić information content (AvgIpc) is 2.91. The van der Waals surface area contributed by atoms with Crippen molar-refractivity contribution in [1.82, 2.24) is 14.7 Å². The number of amides is 2. The summed E-state index contributed by atoms with van der Waals surface area (Å²) in [6.07, 6.45) is 3.50. The zero-order chi connectivity index (χ0) is 13.8. The molecule has 2 aromatic rings. The van der Waals surface area contributed by atoms with Gasteiger partial charge in [-0.25, -0.2) is 4.68 Å². The van der Waals surface area contributed by atoms with Crippen LogP contribution in [0, 0.1) is 0 Å². The minimum absolute atomic E-state index is 0.0975. The second-order valence-electron chi connectivity index (χ2n) is 4.13. The minimum atomic E-state index is -0.538. The third-order valence-electron chi connectivity index (χ3n) is 2.62. The molecule has 0 saturated carbocycles. The molecule has 0 fully saturated rings. The second-order valence-corrected chi connectivity index (χ2v) is 4.13. The number of benzene rings is 1. The van der Waals surface area contributed by atoms with E-state index in [2.05, 4.69) is 5.10 Å². The molecule has 0 aliphatic carbocycles. The largest absolute Gasteiger partial charge is 0.368 e. The Morgan fingerprint density at radius 1 is 1.32 bits per heavy atom. The standard InChI is InChI=1S/C13H14N4O2/c1-16(9-12(14)18)13(19)10-3-5-11(6-4-10)17-8-2-7-15-17/h2-8H,9H2,1H3,(H2,14,18). The summed E-state index contributed by atoms with van der Waals surface area (Å²) < 4.78 is 1.70. The molecule has 0 unspecified atom stereocenters. The lowest BCUT2D eigenvalue weighted by Crippen LogP contribution is -2.35. The molecule has 1 aromatic heterocycles. The Hall–Kier alpha value is -2.63. The van der Waals surface area contributed by atoms with Gasteiger partial charge in [0.05, 0.1) is 12.2 Å². The van der Waals surface area contributed by atoms with E-state index in [9.17, 15) is 9.59 Å². The Morgan fingerprint density at radius 3 is 2.53 bits per heavy atom. The fourth-order valence-corrected chi connectivity index (χ4v) is 1.70. The van der Waals surface area contributed by atoms with Crippen LogP contribution in [0.2, 0.25) is 0 Å². The van der Waals surface area contributed by atoms with Gasteiger partial charge in [-0.2, -0.15) is 5.10 Å². The van der Waals surface area contributed by atoms with Crippen LogP contribution in [0.4, 0.5) is 0 Å². The molecule has 0 radical (unpaired) electrons. The summed E-state index contributed by atoms with van der Waals surface area (Å²) in [5.74, 6) is -0.783. The molecule has 1 heterocycles. The van der Waals surface area contributed by atoms with Crippen LogP contribution in [0.3, 0.4) is 0 Å². The van der Waals surface area contributed by atoms with E-state index >= 15 is 0 Å². The topological polar surface area (TPSA) is 81.2 Å². The number of likely N-dealkylation sites (N-methyl/N-ethyl adjacent to an activating group) is 1. The zero-order valence-electron chi connectivity index (χ0n) is 10.5. The van der Waals surface area contributed by atoms with Crippen LogP contribution >= 0.6 is 0 Å². The highest BCUT2D eigenvalue weighted by molar-refractivity contribution is 5.96. The molecule has 19 heavy (non-hydrogen) atoms. The summed E-state index contributed by atoms with van der Waals surface area (Å²) in [6, 6.07) is 8.78. The maximum absolute atomic E-state index is 12.0. The van der Waals surface area contributed by atoms with Crippen LogP contribution in [0.5, 0.6) is 0 Å². The van der Waals surface area contributed by atoms with Gasteiger partial charge in [0.25, 0.3) is 5.91 Å². The smallest absolute Gasteiger partial charge is 0.254 e. The van der Waals surface area contributed by atoms with Crippen molar-refractivity contribution in [1.29, 1.82) is 0 Å². The molecule has 0 aliphatic rings. The predicted octanol–water partition coefficient (Wildman–Crippen LogP) is 0.430. The number of nitrogens with zero attached hydrogens (tertiary/aromatic N) is 3. The first-order valence-corrected chi connectivity index (χ1v) is 5.72. The van der Waals surface area contributed by atoms with E-state index in [1.807, 2.05) is 12.3 Å². The molecular weight excluding hydrogens is 244 g/mol. The Bertz CT molecular complexity index is 575. The SMILES string of the molecule is CN(CC(N)=O)C(=O)c1ccc(-n2cccn2)cc1. The first kappa shape index (κ1) is 12.8. The third kappa shape index (κ3) is 2.98. The van der Waals surface area contributed by atoms with Crippen LogP contribution in [-0.4, -0.2) is 40.1 Å². The first-order chi connectivity index (χ1) is 9.08. The van der Waals surface area contributed by atoms with E-state index in [0.717, 1.165) is 5.69 Å². The van der Waals surface area contributed by atoms with Crippen LogP contribution in [0.25, 0.3) is 5.69 Å². The summed E-state index contributed by atoms with van der Waals surface area (Å²) in [5, 5.41) is 4.10. The van der Waals surface area contributed by atoms with Crippen molar-refractivity contribution in [3.05, 3.63) is 48.3 Å². The Kier molecular flexibility index (Phi) is 3.61. The lowest BCUT2D eigenvalue weighted by molar-refractivity contribution is -0.118. The first-order valence-electron chi connectivity index (χ1n) is 5.72. The summed E-state index contributed by atoms with van der Waals surface area (Å²) in [7, 11) is 1.54. The number of hydrogen-bond acceptors (Lipinski definition) is 3. The van der Waals surface area contributed by atoms with Crippen LogP contribution in [0.1, 0.15) is 10.4 Å². The van der Waals surface area contributed by atoms with Crippen LogP contribution in [-0.2, 0) is 4.79 Å². The maximum Gasteiger partial charge on any atom is 0.254 e. The third-order valence-corrected chi connectivity index (χ3v) is 2.62. The Balaban J connectivity index is 2.14. The number of primary amides is 1. The maximum atomic E-state index is 12.0. The normalized spacial score (nSPS) is 10.2. The molecule has 2 amide bonds. The van der Waals surface area contributed by atoms with E-state index in [1.165, 1.54) is 11.9 Å². The summed E-state index contributed by atoms with van der Waals surface area (Å²) in [4.78, 5) is 24.0. The predicted molar refractivity (Wildman–Crippen MR) is 69.7 cm³/mol. The highest BCUT2D eigenvalue weighted by Gasteiger charge is 2.13. The van der Waals surface area contributed by atoms with Crippen LogP contribution < -0.4 is 5.73 Å². The van der Waals surface area contributed by atoms with E-state index < -0.39 is 5.91 Å². The van der Waals surface area contributed by atoms with Gasteiger partial charge in [-0.3, -0.25) is 9.59 Å². The number of hydrogen-bond donors (Lipinski definition) is 1. The van der Waals surface area contributed by atoms with Crippen molar-refractivity contribution in [2.75, 3.05) is 13.6 Å². The van der Waals surface area contributed by atoms with Gasteiger partial charge >= 0.3 is 0 Å². The lowest BCUT2D eigenvalue weighted by Gasteiger charge is -2.15. The van der Waals surface area contributed by atoms with E-state index in [1.54, 1.807) is 35.1 Å². The average molecular weight is 258 g/mol. The number of rotatable bonds is 4. The number of aromatic nitrogens is 2. The summed E-state index contributed by atoms with van der Waals surface area (Å²) in [6.45, 7) is -0.0975. The highest BCUT2D eigenvalue weighted by Crippen LogP contribution is 2.10. The Morgan fingerprint density at radius 2 is 2.00 bits per heavy atom. The van der Waals surface area contributed by atoms with E-state index in [-0.39, 0.29) is 12.5 Å². The van der Waals surface area contributed by atoms with E-state index in [4.69, 9.17) is 5.73 Å². The van der Waals surface area contributed by atoms with Crippen molar-refractivity contribution in [3.8, 4) is 5.69 Å². The van der Waals surface area contributed by atoms with E-state index in [0.29, 0.717) is 5.56 Å². The Labute approximate surface area is 110 Å². The molecule has 2 N–H and O–H groups in total. The molecule has 0 atom stereocenters. The van der Waals surface area contributed by atoms with Gasteiger partial charge in [0.15, 0.2) is 0 Å². The zero-order valence-corrected chi connectivity index (χ0v) is 10.5. The quantitative estimate of drug-likeness (QED) is 0.863. The van der Waals surface area contributed by atoms with Gasteiger partial charge in [-0.1, -0.05) is 0 Å². The molecule has 98 valence electrons. The molecular formula is C13H14N4O2. The van der Waals surface area contributed by atoms with Gasteiger partial charge in [0, 0.05) is 25.0 Å². The van der Waals surface area contributed by atoms with Crippen molar-refractivity contribution >= 4 is 11.8 Å². The van der Waals surface area contributed by atoms with Gasteiger partial charge in [0.2, 0.25) is 5.91 Å². The van der Waals surface area contributed by atoms with Crippen molar-refractivity contribution < 1.29 is 9.59 Å². The molecule has 0 saturated heterocycles. The van der Waals surface area contributed by atoms with Crippen molar-refractivity contribution in [2.24, 2.45) is 5.73 Å². The monoisotopic (exact) mass is 258 g/mol. The molecule has 0 bridgehead atoms. The van der Waals surface area contributed by atoms with Crippen molar-refractivity contribution in [3.63, 3.8) is 0 Å². The highest BCUT2D eigenvalue weighted by atomic mass is 16.2. The van der Waals surface area contributed by atoms with Crippen molar-refractivity contribution in [2.45, 2.75) is 0 Å². The van der Waals surface area contributed by atoms with Gasteiger partial charge in [0.1, 0.15) is 0 Å². The summed E-state index contributed by atoms with van der Waals surface area (Å²) in [5.41, 5.74) is 6.41. The fraction of sp³-hybridized carbons (Fsp3) is 0.154. The second kappa shape index (κ2) is 5.34. The number of carbonyl (C=O) groups excluding carboxylic acids is 2. The fourth-order valence-electron chi connectivity index (χ4n) is 1.70. The number of nitrogens with two attached hydrogens (primary N) is 1. The molecule has 6 nitrogen and oxygen atoms in total. The van der Waals surface area contributed by atoms with Gasteiger partial charge in [-0.05, 0) is 30.3 Å². The van der Waals surface area contributed by atoms with Gasteiger partial charge < -0.3 is 10.6 Å². The minimum Gasteiger partial charge on any atom is -0.368 e. The summed E-state index contributed by atoms with van der Waals surface area (Å²) >= 11 is 0. The molecule has 1 aromatic carbocycles. The molecule has 6 heteroatoms. The molecule has 2 rings (SSSR count). The number of carbonyl (C=O) groups is 2. The molecule has 0 aliphatic heterocycles. The lowest BCUT2D eigenvalue weighted by atomic mass is 10.2.